The number of benzene rings is 1. The minimum absolute atomic E-state index is 0.137. The highest BCUT2D eigenvalue weighted by molar-refractivity contribution is 7.86. The Labute approximate surface area is 130 Å². The molecule has 0 unspecified atom stereocenters. The number of aromatic nitrogens is 2. The molecular weight excluding hydrogens is 305 g/mol. The van der Waals surface area contributed by atoms with Gasteiger partial charge < -0.3 is 0 Å². The molecule has 7 heteroatoms. The van der Waals surface area contributed by atoms with Crippen molar-refractivity contribution < 1.29 is 12.3 Å². The molecule has 0 aliphatic heterocycles. The predicted octanol–water partition coefficient (Wildman–Crippen LogP) is 2.03. The van der Waals surface area contributed by atoms with Gasteiger partial charge in [0.15, 0.2) is 0 Å². The largest absolute Gasteiger partial charge is 0.303 e. The van der Waals surface area contributed by atoms with Crippen LogP contribution in [0.3, 0.4) is 0 Å². The summed E-state index contributed by atoms with van der Waals surface area (Å²) in [7, 11) is -2.65. The summed E-state index contributed by atoms with van der Waals surface area (Å²) in [6.07, 6.45) is 1.69. The molecule has 1 aromatic carbocycles. The summed E-state index contributed by atoms with van der Waals surface area (Å²) in [4.78, 5) is 1.90. The van der Waals surface area contributed by atoms with Crippen molar-refractivity contribution in [3.8, 4) is 0 Å². The summed E-state index contributed by atoms with van der Waals surface area (Å²) >= 11 is 0. The van der Waals surface area contributed by atoms with Crippen molar-refractivity contribution >= 4 is 10.2 Å². The van der Waals surface area contributed by atoms with Gasteiger partial charge in [0, 0.05) is 32.9 Å². The predicted molar refractivity (Wildman–Crippen MR) is 83.4 cm³/mol. The summed E-state index contributed by atoms with van der Waals surface area (Å²) < 4.78 is 36.1. The second-order valence-corrected chi connectivity index (χ2v) is 6.87. The van der Waals surface area contributed by atoms with Gasteiger partial charge in [-0.3, -0.25) is 9.58 Å². The molecule has 2 aromatic rings. The van der Waals surface area contributed by atoms with Gasteiger partial charge in [-0.25, -0.2) is 0 Å². The van der Waals surface area contributed by atoms with E-state index in [0.29, 0.717) is 13.1 Å². The Bertz CT molecular complexity index is 711. The lowest BCUT2D eigenvalue weighted by Crippen LogP contribution is -2.28. The van der Waals surface area contributed by atoms with Crippen molar-refractivity contribution in [3.05, 3.63) is 53.3 Å². The van der Waals surface area contributed by atoms with Gasteiger partial charge in [-0.05, 0) is 18.6 Å². The maximum Gasteiger partial charge on any atom is 0.303 e. The van der Waals surface area contributed by atoms with E-state index in [1.54, 1.807) is 10.9 Å². The molecule has 0 aliphatic carbocycles. The van der Waals surface area contributed by atoms with Crippen molar-refractivity contribution in [3.63, 3.8) is 0 Å². The number of rotatable bonds is 7. The lowest BCUT2D eigenvalue weighted by atomic mass is 10.1. The lowest BCUT2D eigenvalue weighted by molar-refractivity contribution is 0.264. The van der Waals surface area contributed by atoms with E-state index in [-0.39, 0.29) is 6.54 Å². The van der Waals surface area contributed by atoms with E-state index < -0.39 is 16.0 Å². The average Bonchev–Trinajstić information content (AvgIpc) is 2.83. The SMILES string of the molecule is Cc1ccc(CN(CCS(=O)(=O)F)Cc2ccnn2C)cc1. The van der Waals surface area contributed by atoms with Gasteiger partial charge in [0.2, 0.25) is 0 Å². The highest BCUT2D eigenvalue weighted by Crippen LogP contribution is 2.11. The van der Waals surface area contributed by atoms with Crippen LogP contribution in [0.2, 0.25) is 0 Å². The lowest BCUT2D eigenvalue weighted by Gasteiger charge is -2.21. The first-order valence-electron chi connectivity index (χ1n) is 7.00. The van der Waals surface area contributed by atoms with Crippen LogP contribution in [0.1, 0.15) is 16.8 Å². The van der Waals surface area contributed by atoms with Crippen LogP contribution in [-0.4, -0.2) is 35.4 Å². The molecule has 0 fully saturated rings. The Morgan fingerprint density at radius 1 is 1.18 bits per heavy atom. The molecule has 0 aliphatic rings. The van der Waals surface area contributed by atoms with E-state index in [1.807, 2.05) is 49.2 Å². The van der Waals surface area contributed by atoms with Gasteiger partial charge >= 0.3 is 10.2 Å². The van der Waals surface area contributed by atoms with E-state index in [4.69, 9.17) is 0 Å². The molecule has 0 spiro atoms. The summed E-state index contributed by atoms with van der Waals surface area (Å²) in [5, 5.41) is 4.09. The van der Waals surface area contributed by atoms with Gasteiger partial charge in [-0.1, -0.05) is 29.8 Å². The van der Waals surface area contributed by atoms with Crippen LogP contribution in [0.15, 0.2) is 36.5 Å². The van der Waals surface area contributed by atoms with Gasteiger partial charge in [0.05, 0.1) is 11.4 Å². The summed E-state index contributed by atoms with van der Waals surface area (Å²) in [5.41, 5.74) is 3.17. The van der Waals surface area contributed by atoms with Crippen LogP contribution in [0.5, 0.6) is 0 Å². The third kappa shape index (κ3) is 5.23. The van der Waals surface area contributed by atoms with Crippen molar-refractivity contribution in [1.29, 1.82) is 0 Å². The molecule has 0 bridgehead atoms. The second kappa shape index (κ2) is 7.02. The first kappa shape index (κ1) is 16.6. The van der Waals surface area contributed by atoms with Gasteiger partial charge in [0.1, 0.15) is 0 Å². The van der Waals surface area contributed by atoms with Crippen LogP contribution < -0.4 is 0 Å². The monoisotopic (exact) mass is 325 g/mol. The van der Waals surface area contributed by atoms with Crippen molar-refractivity contribution in [2.75, 3.05) is 12.3 Å². The standard InChI is InChI=1S/C15H20FN3O2S/c1-13-3-5-14(6-4-13)11-19(9-10-22(16,20)21)12-15-7-8-17-18(15)2/h3-8H,9-12H2,1-2H3. The Kier molecular flexibility index (Phi) is 5.31. The zero-order valence-corrected chi connectivity index (χ0v) is 13.6. The van der Waals surface area contributed by atoms with Crippen LogP contribution >= 0.6 is 0 Å². The molecule has 0 atom stereocenters. The highest BCUT2D eigenvalue weighted by Gasteiger charge is 2.14. The van der Waals surface area contributed by atoms with Crippen molar-refractivity contribution in [2.24, 2.45) is 7.05 Å². The summed E-state index contributed by atoms with van der Waals surface area (Å²) in [5.74, 6) is -0.503. The molecule has 120 valence electrons. The minimum Gasteiger partial charge on any atom is -0.292 e. The van der Waals surface area contributed by atoms with Crippen molar-refractivity contribution in [2.45, 2.75) is 20.0 Å². The highest BCUT2D eigenvalue weighted by atomic mass is 32.3. The van der Waals surface area contributed by atoms with Crippen molar-refractivity contribution in [1.82, 2.24) is 14.7 Å². The molecule has 0 saturated heterocycles. The van der Waals surface area contributed by atoms with Crippen LogP contribution in [-0.2, 0) is 30.4 Å². The Morgan fingerprint density at radius 2 is 1.86 bits per heavy atom. The van der Waals surface area contributed by atoms with Gasteiger partial charge in [-0.2, -0.15) is 13.5 Å². The smallest absolute Gasteiger partial charge is 0.292 e. The fraction of sp³-hybridized carbons (Fsp3) is 0.400. The van der Waals surface area contributed by atoms with E-state index >= 15 is 0 Å². The molecule has 5 nitrogen and oxygen atoms in total. The summed E-state index contributed by atoms with van der Waals surface area (Å²) in [6, 6.07) is 9.87. The molecule has 0 N–H and O–H groups in total. The average molecular weight is 325 g/mol. The van der Waals surface area contributed by atoms with Gasteiger partial charge in [0.25, 0.3) is 0 Å². The zero-order chi connectivity index (χ0) is 16.2. The number of aryl methyl sites for hydroxylation is 2. The second-order valence-electron chi connectivity index (χ2n) is 5.39. The Balaban J connectivity index is 2.10. The van der Waals surface area contributed by atoms with E-state index in [0.717, 1.165) is 16.8 Å². The van der Waals surface area contributed by atoms with Gasteiger partial charge in [-0.15, -0.1) is 3.89 Å². The molecule has 22 heavy (non-hydrogen) atoms. The third-order valence-corrected chi connectivity index (χ3v) is 4.16. The van der Waals surface area contributed by atoms with Crippen LogP contribution in [0.25, 0.3) is 0 Å². The first-order valence-corrected chi connectivity index (χ1v) is 8.56. The molecule has 0 radical (unpaired) electrons. The number of halogens is 1. The maximum atomic E-state index is 12.8. The quantitative estimate of drug-likeness (QED) is 0.731. The molecule has 1 aromatic heterocycles. The molecule has 2 rings (SSSR count). The van der Waals surface area contributed by atoms with E-state index in [9.17, 15) is 12.3 Å². The normalized spacial score (nSPS) is 12.0. The third-order valence-electron chi connectivity index (χ3n) is 3.49. The fourth-order valence-corrected chi connectivity index (χ4v) is 2.67. The van der Waals surface area contributed by atoms with E-state index in [1.165, 1.54) is 0 Å². The number of hydrogen-bond donors (Lipinski definition) is 0. The van der Waals surface area contributed by atoms with Crippen LogP contribution in [0, 0.1) is 6.92 Å². The Morgan fingerprint density at radius 3 is 2.41 bits per heavy atom. The maximum absolute atomic E-state index is 12.8. The number of hydrogen-bond acceptors (Lipinski definition) is 4. The van der Waals surface area contributed by atoms with Crippen LogP contribution in [0.4, 0.5) is 3.89 Å². The molecule has 0 saturated carbocycles. The topological polar surface area (TPSA) is 55.2 Å². The summed E-state index contributed by atoms with van der Waals surface area (Å²) in [6.45, 7) is 3.21. The molecule has 1 heterocycles. The molecule has 0 amide bonds. The number of nitrogens with zero attached hydrogens (tertiary/aromatic N) is 3. The minimum atomic E-state index is -4.47. The fourth-order valence-electron chi connectivity index (χ4n) is 2.19. The van der Waals surface area contributed by atoms with E-state index in [2.05, 4.69) is 5.10 Å². The zero-order valence-electron chi connectivity index (χ0n) is 12.7. The first-order chi connectivity index (χ1) is 10.3. The molecular formula is C15H20FN3O2S. The Hall–Kier alpha value is -1.73.